The molecule has 5 nitrogen and oxygen atoms in total. The number of nitrogens with zero attached hydrogens (tertiary/aromatic N) is 1. The quantitative estimate of drug-likeness (QED) is 0.311. The van der Waals surface area contributed by atoms with E-state index in [1.807, 2.05) is 6.07 Å². The summed E-state index contributed by atoms with van der Waals surface area (Å²) in [4.78, 5) is 10.5. The molecular weight excluding hydrogens is 398 g/mol. The van der Waals surface area contributed by atoms with Crippen molar-refractivity contribution < 1.29 is 4.92 Å². The average molecular weight is 430 g/mol. The van der Waals surface area contributed by atoms with Crippen LogP contribution in [0, 0.1) is 16.0 Å². The van der Waals surface area contributed by atoms with E-state index in [-0.39, 0.29) is 10.6 Å². The molecule has 0 saturated heterocycles. The number of hydrogen-bond acceptors (Lipinski definition) is 4. The summed E-state index contributed by atoms with van der Waals surface area (Å²) < 4.78 is 0. The fourth-order valence-electron chi connectivity index (χ4n) is 4.81. The molecule has 4 rings (SSSR count). The van der Waals surface area contributed by atoms with E-state index in [9.17, 15) is 10.1 Å². The molecule has 1 saturated carbocycles. The molecule has 2 atom stereocenters. The summed E-state index contributed by atoms with van der Waals surface area (Å²) in [5, 5.41) is 18.0. The standard InChI is InChI=1S/C27H31N3O2/c31-30(32)25-16-14-24(15-17-25)29-20-23-11-5-7-13-27(23)26-12-6-4-10-22(26)19-28-18-21-8-2-1-3-9-21/h1-4,6,8-10,12,14-17,23,27-29H,5,7,11,13,18-20H2. The topological polar surface area (TPSA) is 67.2 Å². The number of nitro groups is 1. The number of rotatable bonds is 9. The highest BCUT2D eigenvalue weighted by molar-refractivity contribution is 5.48. The normalized spacial score (nSPS) is 18.2. The van der Waals surface area contributed by atoms with Crippen LogP contribution < -0.4 is 10.6 Å². The molecular formula is C27H31N3O2. The summed E-state index contributed by atoms with van der Waals surface area (Å²) >= 11 is 0. The van der Waals surface area contributed by atoms with Gasteiger partial charge in [0.2, 0.25) is 0 Å². The van der Waals surface area contributed by atoms with Gasteiger partial charge in [0.1, 0.15) is 0 Å². The second-order valence-corrected chi connectivity index (χ2v) is 8.62. The van der Waals surface area contributed by atoms with E-state index < -0.39 is 0 Å². The second kappa shape index (κ2) is 10.9. The lowest BCUT2D eigenvalue weighted by Gasteiger charge is -2.33. The Labute approximate surface area is 190 Å². The Balaban J connectivity index is 1.41. The SMILES string of the molecule is O=[N+]([O-])c1ccc(NCC2CCCCC2c2ccccc2CNCc2ccccc2)cc1. The Morgan fingerprint density at radius 1 is 0.844 bits per heavy atom. The number of nitrogens with one attached hydrogen (secondary N) is 2. The number of anilines is 1. The number of benzene rings is 3. The third kappa shape index (κ3) is 5.74. The van der Waals surface area contributed by atoms with Crippen LogP contribution in [0.15, 0.2) is 78.9 Å². The van der Waals surface area contributed by atoms with Gasteiger partial charge in [0.05, 0.1) is 4.92 Å². The van der Waals surface area contributed by atoms with Gasteiger partial charge in [-0.05, 0) is 53.5 Å². The molecule has 0 aliphatic heterocycles. The van der Waals surface area contributed by atoms with Crippen LogP contribution in [0.2, 0.25) is 0 Å². The summed E-state index contributed by atoms with van der Waals surface area (Å²) in [5.74, 6) is 1.08. The van der Waals surface area contributed by atoms with Crippen LogP contribution in [0.5, 0.6) is 0 Å². The fourth-order valence-corrected chi connectivity index (χ4v) is 4.81. The van der Waals surface area contributed by atoms with E-state index in [4.69, 9.17) is 0 Å². The van der Waals surface area contributed by atoms with Gasteiger partial charge in [-0.2, -0.15) is 0 Å². The molecule has 0 aromatic heterocycles. The highest BCUT2D eigenvalue weighted by atomic mass is 16.6. The average Bonchev–Trinajstić information content (AvgIpc) is 2.84. The van der Waals surface area contributed by atoms with Crippen LogP contribution in [0.1, 0.15) is 48.3 Å². The van der Waals surface area contributed by atoms with Crippen molar-refractivity contribution in [1.29, 1.82) is 0 Å². The Kier molecular flexibility index (Phi) is 7.51. The number of non-ortho nitro benzene ring substituents is 1. The number of nitro benzene ring substituents is 1. The van der Waals surface area contributed by atoms with Crippen molar-refractivity contribution in [2.24, 2.45) is 5.92 Å². The molecule has 3 aromatic carbocycles. The van der Waals surface area contributed by atoms with Crippen LogP contribution >= 0.6 is 0 Å². The lowest BCUT2D eigenvalue weighted by Crippen LogP contribution is -2.26. The highest BCUT2D eigenvalue weighted by Crippen LogP contribution is 2.39. The summed E-state index contributed by atoms with van der Waals surface area (Å²) in [7, 11) is 0. The van der Waals surface area contributed by atoms with Gasteiger partial charge in [-0.1, -0.05) is 67.4 Å². The molecule has 0 amide bonds. The molecule has 2 N–H and O–H groups in total. The van der Waals surface area contributed by atoms with Gasteiger partial charge in [0.25, 0.3) is 5.69 Å². The summed E-state index contributed by atoms with van der Waals surface area (Å²) in [6, 6.07) is 26.1. The minimum atomic E-state index is -0.357. The molecule has 166 valence electrons. The van der Waals surface area contributed by atoms with Gasteiger partial charge in [-0.25, -0.2) is 0 Å². The molecule has 5 heteroatoms. The van der Waals surface area contributed by atoms with Crippen LogP contribution in [0.3, 0.4) is 0 Å². The van der Waals surface area contributed by atoms with Gasteiger partial charge in [0, 0.05) is 37.5 Å². The van der Waals surface area contributed by atoms with Crippen molar-refractivity contribution >= 4 is 11.4 Å². The van der Waals surface area contributed by atoms with Crippen molar-refractivity contribution in [1.82, 2.24) is 5.32 Å². The van der Waals surface area contributed by atoms with E-state index in [1.54, 1.807) is 24.3 Å². The van der Waals surface area contributed by atoms with Gasteiger partial charge in [-0.15, -0.1) is 0 Å². The lowest BCUT2D eigenvalue weighted by molar-refractivity contribution is -0.384. The molecule has 0 heterocycles. The molecule has 0 radical (unpaired) electrons. The lowest BCUT2D eigenvalue weighted by atomic mass is 9.74. The third-order valence-corrected chi connectivity index (χ3v) is 6.50. The minimum Gasteiger partial charge on any atom is -0.385 e. The van der Waals surface area contributed by atoms with Crippen molar-refractivity contribution in [2.75, 3.05) is 11.9 Å². The zero-order chi connectivity index (χ0) is 22.2. The highest BCUT2D eigenvalue weighted by Gasteiger charge is 2.27. The first-order valence-corrected chi connectivity index (χ1v) is 11.5. The Morgan fingerprint density at radius 3 is 2.34 bits per heavy atom. The first kappa shape index (κ1) is 22.0. The van der Waals surface area contributed by atoms with Crippen LogP contribution in [-0.2, 0) is 13.1 Å². The van der Waals surface area contributed by atoms with Crippen LogP contribution in [0.4, 0.5) is 11.4 Å². The van der Waals surface area contributed by atoms with E-state index in [0.29, 0.717) is 11.8 Å². The summed E-state index contributed by atoms with van der Waals surface area (Å²) in [6.45, 7) is 2.61. The van der Waals surface area contributed by atoms with Crippen molar-refractivity contribution in [3.63, 3.8) is 0 Å². The van der Waals surface area contributed by atoms with E-state index in [0.717, 1.165) is 25.3 Å². The van der Waals surface area contributed by atoms with Crippen molar-refractivity contribution in [2.45, 2.75) is 44.7 Å². The Bertz CT molecular complexity index is 1000. The van der Waals surface area contributed by atoms with E-state index in [1.165, 1.54) is 42.4 Å². The molecule has 0 spiro atoms. The van der Waals surface area contributed by atoms with Crippen LogP contribution in [-0.4, -0.2) is 11.5 Å². The Morgan fingerprint density at radius 2 is 1.56 bits per heavy atom. The molecule has 2 unspecified atom stereocenters. The maximum Gasteiger partial charge on any atom is 0.269 e. The van der Waals surface area contributed by atoms with Gasteiger partial charge >= 0.3 is 0 Å². The predicted octanol–water partition coefficient (Wildman–Crippen LogP) is 6.27. The Hall–Kier alpha value is -3.18. The minimum absolute atomic E-state index is 0.128. The van der Waals surface area contributed by atoms with Crippen LogP contribution in [0.25, 0.3) is 0 Å². The molecule has 3 aromatic rings. The fraction of sp³-hybridized carbons (Fsp3) is 0.333. The molecule has 0 bridgehead atoms. The molecule has 1 fully saturated rings. The van der Waals surface area contributed by atoms with E-state index >= 15 is 0 Å². The van der Waals surface area contributed by atoms with Gasteiger partial charge in [-0.3, -0.25) is 10.1 Å². The van der Waals surface area contributed by atoms with Gasteiger partial charge in [0.15, 0.2) is 0 Å². The molecule has 1 aliphatic rings. The first-order chi connectivity index (χ1) is 15.7. The second-order valence-electron chi connectivity index (χ2n) is 8.62. The largest absolute Gasteiger partial charge is 0.385 e. The zero-order valence-electron chi connectivity index (χ0n) is 18.4. The maximum atomic E-state index is 10.9. The maximum absolute atomic E-state index is 10.9. The summed E-state index contributed by atoms with van der Waals surface area (Å²) in [5.41, 5.74) is 5.22. The molecule has 32 heavy (non-hydrogen) atoms. The monoisotopic (exact) mass is 429 g/mol. The predicted molar refractivity (Wildman–Crippen MR) is 130 cm³/mol. The molecule has 1 aliphatic carbocycles. The van der Waals surface area contributed by atoms with Crippen molar-refractivity contribution in [3.05, 3.63) is 106 Å². The summed E-state index contributed by atoms with van der Waals surface area (Å²) in [6.07, 6.45) is 4.95. The zero-order valence-corrected chi connectivity index (χ0v) is 18.4. The third-order valence-electron chi connectivity index (χ3n) is 6.50. The van der Waals surface area contributed by atoms with Gasteiger partial charge < -0.3 is 10.6 Å². The smallest absolute Gasteiger partial charge is 0.269 e. The van der Waals surface area contributed by atoms with Crippen molar-refractivity contribution in [3.8, 4) is 0 Å². The number of hydrogen-bond donors (Lipinski definition) is 2. The van der Waals surface area contributed by atoms with E-state index in [2.05, 4.69) is 59.2 Å². The first-order valence-electron chi connectivity index (χ1n) is 11.5.